The van der Waals surface area contributed by atoms with E-state index in [0.717, 1.165) is 16.9 Å². The Hall–Kier alpha value is -3.28. The lowest BCUT2D eigenvalue weighted by molar-refractivity contribution is 0.0292. The van der Waals surface area contributed by atoms with Gasteiger partial charge in [0.2, 0.25) is 0 Å². The highest BCUT2D eigenvalue weighted by Crippen LogP contribution is 2.42. The second-order valence-electron chi connectivity index (χ2n) is 9.63. The zero-order valence-electron chi connectivity index (χ0n) is 19.5. The number of amides is 3. The molecule has 2 aliphatic heterocycles. The van der Waals surface area contributed by atoms with Gasteiger partial charge in [-0.25, -0.2) is 14.6 Å². The Labute approximate surface area is 201 Å². The van der Waals surface area contributed by atoms with Gasteiger partial charge in [-0.05, 0) is 38.8 Å². The summed E-state index contributed by atoms with van der Waals surface area (Å²) < 4.78 is 5.53. The quantitative estimate of drug-likeness (QED) is 0.593. The molecule has 11 nitrogen and oxygen atoms in total. The van der Waals surface area contributed by atoms with Crippen molar-refractivity contribution in [2.24, 2.45) is 5.73 Å². The topological polar surface area (TPSA) is 155 Å². The standard InChI is InChI=1S/C22H30N6O5S/c1-22(2,3)33-21(32)28-5-4-12(11-28)13-10-14(26-6-8-27(9-7-26)20(30)31)25-19-15(13)16(23)17(34-19)18(24)29/h10,12H,4-9,11,23H2,1-3H3,(H2,24,29)(H,30,31). The monoisotopic (exact) mass is 490 g/mol. The number of carbonyl (C=O) groups excluding carboxylic acids is 2. The number of rotatable bonds is 3. The molecule has 12 heteroatoms. The lowest BCUT2D eigenvalue weighted by atomic mass is 9.95. The Morgan fingerprint density at radius 2 is 1.82 bits per heavy atom. The molecule has 2 aromatic heterocycles. The highest BCUT2D eigenvalue weighted by atomic mass is 32.1. The summed E-state index contributed by atoms with van der Waals surface area (Å²) in [6, 6.07) is 1.95. The van der Waals surface area contributed by atoms with Crippen molar-refractivity contribution < 1.29 is 24.2 Å². The zero-order valence-corrected chi connectivity index (χ0v) is 20.4. The molecule has 2 aliphatic rings. The molecule has 5 N–H and O–H groups in total. The van der Waals surface area contributed by atoms with E-state index in [2.05, 4.69) is 0 Å². The number of aromatic nitrogens is 1. The minimum absolute atomic E-state index is 0.0188. The van der Waals surface area contributed by atoms with Crippen LogP contribution in [0.1, 0.15) is 48.3 Å². The molecule has 0 aliphatic carbocycles. The van der Waals surface area contributed by atoms with Crippen LogP contribution in [0.15, 0.2) is 6.07 Å². The van der Waals surface area contributed by atoms with E-state index in [1.54, 1.807) is 4.90 Å². The van der Waals surface area contributed by atoms with Crippen molar-refractivity contribution in [3.05, 3.63) is 16.5 Å². The van der Waals surface area contributed by atoms with Crippen LogP contribution in [0, 0.1) is 0 Å². The number of ether oxygens (including phenoxy) is 1. The summed E-state index contributed by atoms with van der Waals surface area (Å²) in [6.07, 6.45) is -0.582. The van der Waals surface area contributed by atoms with Gasteiger partial charge in [0.05, 0.1) is 5.69 Å². The van der Waals surface area contributed by atoms with E-state index in [0.29, 0.717) is 67.4 Å². The van der Waals surface area contributed by atoms with Gasteiger partial charge in [-0.3, -0.25) is 4.79 Å². The predicted molar refractivity (Wildman–Crippen MR) is 130 cm³/mol. The minimum atomic E-state index is -0.936. The number of nitrogen functional groups attached to an aromatic ring is 1. The van der Waals surface area contributed by atoms with Crippen molar-refractivity contribution in [2.75, 3.05) is 49.9 Å². The molecule has 2 fully saturated rings. The highest BCUT2D eigenvalue weighted by molar-refractivity contribution is 7.21. The van der Waals surface area contributed by atoms with Crippen LogP contribution in [0.3, 0.4) is 0 Å². The van der Waals surface area contributed by atoms with E-state index in [-0.39, 0.29) is 16.9 Å². The fraction of sp³-hybridized carbons (Fsp3) is 0.545. The number of hydrogen-bond donors (Lipinski definition) is 3. The van der Waals surface area contributed by atoms with Crippen molar-refractivity contribution >= 4 is 51.2 Å². The number of thiophene rings is 1. The second-order valence-corrected chi connectivity index (χ2v) is 10.6. The molecule has 0 bridgehead atoms. The third kappa shape index (κ3) is 4.67. The number of fused-ring (bicyclic) bond motifs is 1. The molecule has 1 unspecified atom stereocenters. The molecule has 34 heavy (non-hydrogen) atoms. The smallest absolute Gasteiger partial charge is 0.410 e. The molecule has 2 saturated heterocycles. The van der Waals surface area contributed by atoms with Crippen LogP contribution in [-0.4, -0.2) is 82.9 Å². The van der Waals surface area contributed by atoms with Gasteiger partial charge in [-0.2, -0.15) is 0 Å². The van der Waals surface area contributed by atoms with Crippen LogP contribution in [0.2, 0.25) is 0 Å². The third-order valence-electron chi connectivity index (χ3n) is 6.09. The number of pyridine rings is 1. The average Bonchev–Trinajstić information content (AvgIpc) is 3.37. The van der Waals surface area contributed by atoms with Crippen LogP contribution in [0.4, 0.5) is 21.1 Å². The van der Waals surface area contributed by atoms with Gasteiger partial charge in [-0.1, -0.05) is 0 Å². The van der Waals surface area contributed by atoms with E-state index in [1.807, 2.05) is 31.7 Å². The Bertz CT molecular complexity index is 1130. The van der Waals surface area contributed by atoms with Gasteiger partial charge < -0.3 is 36.0 Å². The molecule has 1 atom stereocenters. The molecule has 3 amide bonds. The first-order valence-corrected chi connectivity index (χ1v) is 12.0. The summed E-state index contributed by atoms with van der Waals surface area (Å²) in [5, 5.41) is 9.94. The Morgan fingerprint density at radius 1 is 1.15 bits per heavy atom. The van der Waals surface area contributed by atoms with Crippen molar-refractivity contribution in [1.82, 2.24) is 14.8 Å². The largest absolute Gasteiger partial charge is 0.465 e. The number of carboxylic acid groups (broad SMARTS) is 1. The maximum absolute atomic E-state index is 12.6. The molecule has 4 heterocycles. The first-order chi connectivity index (χ1) is 15.9. The summed E-state index contributed by atoms with van der Waals surface area (Å²) in [5.41, 5.74) is 12.5. The van der Waals surface area contributed by atoms with Crippen molar-refractivity contribution in [2.45, 2.75) is 38.7 Å². The van der Waals surface area contributed by atoms with E-state index >= 15 is 0 Å². The Balaban J connectivity index is 1.68. The Morgan fingerprint density at radius 3 is 2.41 bits per heavy atom. The molecular formula is C22H30N6O5S. The normalized spacial score (nSPS) is 19.0. The Kier molecular flexibility index (Phi) is 6.19. The van der Waals surface area contributed by atoms with Gasteiger partial charge >= 0.3 is 12.2 Å². The number of hydrogen-bond acceptors (Lipinski definition) is 8. The molecule has 0 saturated carbocycles. The summed E-state index contributed by atoms with van der Waals surface area (Å²) in [6.45, 7) is 8.25. The maximum Gasteiger partial charge on any atom is 0.410 e. The first-order valence-electron chi connectivity index (χ1n) is 11.2. The fourth-order valence-corrected chi connectivity index (χ4v) is 5.41. The molecular weight excluding hydrogens is 460 g/mol. The van der Waals surface area contributed by atoms with Gasteiger partial charge in [0.25, 0.3) is 5.91 Å². The maximum atomic E-state index is 12.6. The van der Waals surface area contributed by atoms with Crippen molar-refractivity contribution in [3.63, 3.8) is 0 Å². The van der Waals surface area contributed by atoms with Crippen LogP contribution >= 0.6 is 11.3 Å². The lowest BCUT2D eigenvalue weighted by Gasteiger charge is -2.34. The van der Waals surface area contributed by atoms with Crippen LogP contribution in [0.25, 0.3) is 10.2 Å². The van der Waals surface area contributed by atoms with E-state index in [4.69, 9.17) is 21.2 Å². The predicted octanol–water partition coefficient (Wildman–Crippen LogP) is 2.50. The molecule has 0 radical (unpaired) electrons. The first kappa shape index (κ1) is 23.9. The summed E-state index contributed by atoms with van der Waals surface area (Å²) in [5.74, 6) is 0.0695. The fourth-order valence-electron chi connectivity index (χ4n) is 4.44. The molecule has 2 aromatic rings. The lowest BCUT2D eigenvalue weighted by Crippen LogP contribution is -2.48. The van der Waals surface area contributed by atoms with Gasteiger partial charge in [0, 0.05) is 50.6 Å². The highest BCUT2D eigenvalue weighted by Gasteiger charge is 2.33. The van der Waals surface area contributed by atoms with Gasteiger partial charge in [-0.15, -0.1) is 11.3 Å². The molecule has 184 valence electrons. The van der Waals surface area contributed by atoms with Crippen LogP contribution in [-0.2, 0) is 4.74 Å². The van der Waals surface area contributed by atoms with E-state index in [1.165, 1.54) is 4.90 Å². The molecule has 0 aromatic carbocycles. The van der Waals surface area contributed by atoms with E-state index < -0.39 is 17.6 Å². The summed E-state index contributed by atoms with van der Waals surface area (Å²) in [4.78, 5) is 46.6. The summed E-state index contributed by atoms with van der Waals surface area (Å²) >= 11 is 1.16. The van der Waals surface area contributed by atoms with Gasteiger partial charge in [0.1, 0.15) is 21.1 Å². The number of piperazine rings is 1. The van der Waals surface area contributed by atoms with Crippen molar-refractivity contribution in [1.29, 1.82) is 0 Å². The number of carbonyl (C=O) groups is 3. The number of nitrogens with zero attached hydrogens (tertiary/aromatic N) is 4. The molecule has 4 rings (SSSR count). The third-order valence-corrected chi connectivity index (χ3v) is 7.21. The zero-order chi connectivity index (χ0) is 24.8. The number of anilines is 2. The van der Waals surface area contributed by atoms with Crippen LogP contribution < -0.4 is 16.4 Å². The number of likely N-dealkylation sites (tertiary alicyclic amines) is 1. The number of primary amides is 1. The van der Waals surface area contributed by atoms with Crippen LogP contribution in [0.5, 0.6) is 0 Å². The molecule has 0 spiro atoms. The SMILES string of the molecule is CC(C)(C)OC(=O)N1CCC(c2cc(N3CCN(C(=O)O)CC3)nc3sc(C(N)=O)c(N)c23)C1. The number of nitrogens with two attached hydrogens (primary N) is 2. The van der Waals surface area contributed by atoms with Gasteiger partial charge in [0.15, 0.2) is 0 Å². The van der Waals surface area contributed by atoms with Crippen molar-refractivity contribution in [3.8, 4) is 0 Å². The minimum Gasteiger partial charge on any atom is -0.465 e. The summed E-state index contributed by atoms with van der Waals surface area (Å²) in [7, 11) is 0. The average molecular weight is 491 g/mol. The second kappa shape index (κ2) is 8.82. The van der Waals surface area contributed by atoms with E-state index in [9.17, 15) is 19.5 Å².